The molecule has 2 heterocycles. The first kappa shape index (κ1) is 17.3. The standard InChI is InChI=1S/C22H18ClN3O/c23-17-9-6-10-18(15-17)24-21(27)13-12-19-22(16-7-2-1-3-8-16)25-20-11-4-5-14-26(19)20/h1-11,14-15H,12-13H2,(H,24,27). The van der Waals surface area contributed by atoms with Gasteiger partial charge in [0.2, 0.25) is 5.91 Å². The maximum atomic E-state index is 12.4. The van der Waals surface area contributed by atoms with E-state index in [2.05, 4.69) is 9.72 Å². The van der Waals surface area contributed by atoms with E-state index < -0.39 is 0 Å². The topological polar surface area (TPSA) is 46.4 Å². The Morgan fingerprint density at radius 3 is 2.63 bits per heavy atom. The van der Waals surface area contributed by atoms with Gasteiger partial charge in [0.15, 0.2) is 0 Å². The molecule has 5 heteroatoms. The van der Waals surface area contributed by atoms with Gasteiger partial charge in [-0.15, -0.1) is 0 Å². The minimum Gasteiger partial charge on any atom is -0.326 e. The third-order valence-electron chi connectivity index (χ3n) is 4.37. The highest BCUT2D eigenvalue weighted by atomic mass is 35.5. The molecule has 0 bridgehead atoms. The predicted octanol–water partition coefficient (Wildman–Crippen LogP) is 5.23. The molecule has 1 amide bonds. The van der Waals surface area contributed by atoms with Gasteiger partial charge in [0.05, 0.1) is 11.4 Å². The third-order valence-corrected chi connectivity index (χ3v) is 4.61. The predicted molar refractivity (Wildman–Crippen MR) is 109 cm³/mol. The first-order valence-electron chi connectivity index (χ1n) is 8.77. The van der Waals surface area contributed by atoms with Crippen molar-refractivity contribution < 1.29 is 4.79 Å². The first-order valence-corrected chi connectivity index (χ1v) is 9.15. The largest absolute Gasteiger partial charge is 0.326 e. The van der Waals surface area contributed by atoms with Crippen LogP contribution < -0.4 is 5.32 Å². The molecular formula is C22H18ClN3O. The Bertz CT molecular complexity index is 1090. The van der Waals surface area contributed by atoms with Gasteiger partial charge in [0.25, 0.3) is 0 Å². The summed E-state index contributed by atoms with van der Waals surface area (Å²) in [5, 5.41) is 3.50. The van der Waals surface area contributed by atoms with E-state index in [1.807, 2.05) is 66.9 Å². The summed E-state index contributed by atoms with van der Waals surface area (Å²) in [5.41, 5.74) is 4.57. The Balaban J connectivity index is 1.58. The van der Waals surface area contributed by atoms with Crippen LogP contribution >= 0.6 is 11.6 Å². The lowest BCUT2D eigenvalue weighted by Crippen LogP contribution is -2.13. The number of rotatable bonds is 5. The quantitative estimate of drug-likeness (QED) is 0.519. The highest BCUT2D eigenvalue weighted by Crippen LogP contribution is 2.25. The lowest BCUT2D eigenvalue weighted by atomic mass is 10.1. The van der Waals surface area contributed by atoms with Crippen LogP contribution in [0.5, 0.6) is 0 Å². The van der Waals surface area contributed by atoms with Gasteiger partial charge in [-0.3, -0.25) is 4.79 Å². The normalized spacial score (nSPS) is 10.9. The number of fused-ring (bicyclic) bond motifs is 1. The highest BCUT2D eigenvalue weighted by molar-refractivity contribution is 6.30. The lowest BCUT2D eigenvalue weighted by molar-refractivity contribution is -0.116. The number of benzene rings is 2. The Labute approximate surface area is 162 Å². The summed E-state index contributed by atoms with van der Waals surface area (Å²) in [5.74, 6) is -0.0536. The van der Waals surface area contributed by atoms with E-state index >= 15 is 0 Å². The van der Waals surface area contributed by atoms with Crippen molar-refractivity contribution >= 4 is 28.8 Å². The van der Waals surface area contributed by atoms with Gasteiger partial charge in [-0.2, -0.15) is 0 Å². The van der Waals surface area contributed by atoms with Crippen molar-refractivity contribution in [2.75, 3.05) is 5.32 Å². The molecule has 2 aromatic heterocycles. The second kappa shape index (κ2) is 7.64. The number of hydrogen-bond acceptors (Lipinski definition) is 2. The molecule has 0 aliphatic carbocycles. The fraction of sp³-hybridized carbons (Fsp3) is 0.0909. The fourth-order valence-electron chi connectivity index (χ4n) is 3.13. The lowest BCUT2D eigenvalue weighted by Gasteiger charge is -2.07. The number of imidazole rings is 1. The molecule has 0 atom stereocenters. The Hall–Kier alpha value is -3.11. The van der Waals surface area contributed by atoms with Crippen LogP contribution in [0.3, 0.4) is 0 Å². The van der Waals surface area contributed by atoms with Gasteiger partial charge in [-0.1, -0.05) is 54.1 Å². The molecule has 0 fully saturated rings. The van der Waals surface area contributed by atoms with E-state index in [4.69, 9.17) is 16.6 Å². The van der Waals surface area contributed by atoms with Gasteiger partial charge >= 0.3 is 0 Å². The summed E-state index contributed by atoms with van der Waals surface area (Å²) in [4.78, 5) is 17.2. The maximum absolute atomic E-state index is 12.4. The average Bonchev–Trinajstić information content (AvgIpc) is 3.06. The van der Waals surface area contributed by atoms with Gasteiger partial charge in [-0.25, -0.2) is 4.98 Å². The molecular weight excluding hydrogens is 358 g/mol. The number of pyridine rings is 1. The monoisotopic (exact) mass is 375 g/mol. The number of anilines is 1. The summed E-state index contributed by atoms with van der Waals surface area (Å²) < 4.78 is 2.05. The molecule has 4 nitrogen and oxygen atoms in total. The minimum atomic E-state index is -0.0536. The second-order valence-corrected chi connectivity index (χ2v) is 6.70. The van der Waals surface area contributed by atoms with Crippen LogP contribution in [0.2, 0.25) is 5.02 Å². The Morgan fingerprint density at radius 2 is 1.81 bits per heavy atom. The van der Waals surface area contributed by atoms with Crippen molar-refractivity contribution in [1.82, 2.24) is 9.38 Å². The Morgan fingerprint density at radius 1 is 1.00 bits per heavy atom. The summed E-state index contributed by atoms with van der Waals surface area (Å²) in [6, 6.07) is 23.1. The number of halogens is 1. The molecule has 2 aromatic carbocycles. The van der Waals surface area contributed by atoms with Gasteiger partial charge in [0, 0.05) is 28.9 Å². The maximum Gasteiger partial charge on any atom is 0.224 e. The summed E-state index contributed by atoms with van der Waals surface area (Å²) in [7, 11) is 0. The smallest absolute Gasteiger partial charge is 0.224 e. The van der Waals surface area contributed by atoms with Crippen LogP contribution in [0.15, 0.2) is 79.0 Å². The van der Waals surface area contributed by atoms with Crippen LogP contribution in [-0.4, -0.2) is 15.3 Å². The molecule has 0 aliphatic heterocycles. The van der Waals surface area contributed by atoms with Crippen LogP contribution in [0.1, 0.15) is 12.1 Å². The molecule has 0 unspecified atom stereocenters. The van der Waals surface area contributed by atoms with Crippen LogP contribution in [0.25, 0.3) is 16.9 Å². The zero-order chi connectivity index (χ0) is 18.6. The van der Waals surface area contributed by atoms with Crippen molar-refractivity contribution in [3.63, 3.8) is 0 Å². The molecule has 0 radical (unpaired) electrons. The number of carbonyl (C=O) groups excluding carboxylic acids is 1. The van der Waals surface area contributed by atoms with Crippen molar-refractivity contribution in [2.45, 2.75) is 12.8 Å². The van der Waals surface area contributed by atoms with Crippen molar-refractivity contribution in [1.29, 1.82) is 0 Å². The zero-order valence-electron chi connectivity index (χ0n) is 14.6. The van der Waals surface area contributed by atoms with Crippen molar-refractivity contribution in [3.8, 4) is 11.3 Å². The average molecular weight is 376 g/mol. The van der Waals surface area contributed by atoms with E-state index in [9.17, 15) is 4.79 Å². The van der Waals surface area contributed by atoms with E-state index in [1.165, 1.54) is 0 Å². The van der Waals surface area contributed by atoms with Crippen molar-refractivity contribution in [2.24, 2.45) is 0 Å². The minimum absolute atomic E-state index is 0.0536. The number of nitrogens with one attached hydrogen (secondary N) is 1. The molecule has 4 aromatic rings. The summed E-state index contributed by atoms with van der Waals surface area (Å²) in [6.07, 6.45) is 2.93. The zero-order valence-corrected chi connectivity index (χ0v) is 15.4. The molecule has 4 rings (SSSR count). The SMILES string of the molecule is O=C(CCc1c(-c2ccccc2)nc2ccccn12)Nc1cccc(Cl)c1. The van der Waals surface area contributed by atoms with Gasteiger partial charge in [-0.05, 0) is 36.8 Å². The summed E-state index contributed by atoms with van der Waals surface area (Å²) in [6.45, 7) is 0. The second-order valence-electron chi connectivity index (χ2n) is 6.26. The van der Waals surface area contributed by atoms with Gasteiger partial charge in [0.1, 0.15) is 5.65 Å². The van der Waals surface area contributed by atoms with Crippen LogP contribution in [-0.2, 0) is 11.2 Å². The first-order chi connectivity index (χ1) is 13.2. The fourth-order valence-corrected chi connectivity index (χ4v) is 3.32. The van der Waals surface area contributed by atoms with E-state index in [0.717, 1.165) is 22.6 Å². The van der Waals surface area contributed by atoms with E-state index in [-0.39, 0.29) is 5.91 Å². The molecule has 134 valence electrons. The van der Waals surface area contributed by atoms with Crippen molar-refractivity contribution in [3.05, 3.63) is 89.7 Å². The molecule has 1 N–H and O–H groups in total. The number of aryl methyl sites for hydroxylation is 1. The van der Waals surface area contributed by atoms with Crippen LogP contribution in [0.4, 0.5) is 5.69 Å². The number of aromatic nitrogens is 2. The molecule has 27 heavy (non-hydrogen) atoms. The molecule has 0 saturated carbocycles. The summed E-state index contributed by atoms with van der Waals surface area (Å²) >= 11 is 5.98. The number of hydrogen-bond donors (Lipinski definition) is 1. The molecule has 0 spiro atoms. The molecule has 0 saturated heterocycles. The number of carbonyl (C=O) groups is 1. The highest BCUT2D eigenvalue weighted by Gasteiger charge is 2.15. The Kier molecular flexibility index (Phi) is 4.90. The van der Waals surface area contributed by atoms with E-state index in [1.54, 1.807) is 12.1 Å². The van der Waals surface area contributed by atoms with Gasteiger partial charge < -0.3 is 9.72 Å². The van der Waals surface area contributed by atoms with E-state index in [0.29, 0.717) is 23.6 Å². The van der Waals surface area contributed by atoms with Crippen LogP contribution in [0, 0.1) is 0 Å². The number of amides is 1. The molecule has 0 aliphatic rings. The third kappa shape index (κ3) is 3.86. The number of nitrogens with zero attached hydrogens (tertiary/aromatic N) is 2.